The number of carboxylic acids is 1. The largest absolute Gasteiger partial charge is 0.480 e. The number of hydrogen-bond acceptors (Lipinski definition) is 3. The lowest BCUT2D eigenvalue weighted by molar-refractivity contribution is -0.163. The van der Waals surface area contributed by atoms with Gasteiger partial charge in [-0.25, -0.2) is 4.79 Å². The van der Waals surface area contributed by atoms with Gasteiger partial charge >= 0.3 is 18.2 Å². The molecular weight excluding hydrogens is 255 g/mol. The van der Waals surface area contributed by atoms with Crippen LogP contribution in [0.2, 0.25) is 0 Å². The molecule has 0 bridgehead atoms. The quantitative estimate of drug-likeness (QED) is 0.847. The molecule has 0 spiro atoms. The summed E-state index contributed by atoms with van der Waals surface area (Å²) in [6.45, 7) is -2.34. The molecule has 1 N–H and O–H groups in total. The molecule has 0 heterocycles. The van der Waals surface area contributed by atoms with Crippen molar-refractivity contribution in [2.45, 2.75) is 37.9 Å². The molecule has 1 amide bonds. The fourth-order valence-corrected chi connectivity index (χ4v) is 1.93. The smallest absolute Gasteiger partial charge is 0.422 e. The number of aliphatic carboxylic acids is 1. The Morgan fingerprint density at radius 1 is 1.28 bits per heavy atom. The highest BCUT2D eigenvalue weighted by atomic mass is 19.4. The molecule has 1 aliphatic carbocycles. The van der Waals surface area contributed by atoms with Crippen LogP contribution in [0.5, 0.6) is 0 Å². The van der Waals surface area contributed by atoms with E-state index < -0.39 is 31.4 Å². The number of carbonyl (C=O) groups is 2. The Balaban J connectivity index is 2.58. The molecule has 5 nitrogen and oxygen atoms in total. The minimum atomic E-state index is -4.61. The molecule has 0 aromatic heterocycles. The van der Waals surface area contributed by atoms with Crippen LogP contribution in [0.1, 0.15) is 25.7 Å². The number of amides is 1. The third-order valence-electron chi connectivity index (χ3n) is 2.66. The Hall–Kier alpha value is -1.47. The minimum absolute atomic E-state index is 0.346. The summed E-state index contributed by atoms with van der Waals surface area (Å²) in [4.78, 5) is 22.9. The summed E-state index contributed by atoms with van der Waals surface area (Å²) < 4.78 is 39.8. The van der Waals surface area contributed by atoms with Gasteiger partial charge in [0.25, 0.3) is 0 Å². The predicted molar refractivity (Wildman–Crippen MR) is 54.0 cm³/mol. The van der Waals surface area contributed by atoms with E-state index in [2.05, 4.69) is 4.74 Å². The third kappa shape index (κ3) is 4.80. The number of nitrogens with zero attached hydrogens (tertiary/aromatic N) is 1. The van der Waals surface area contributed by atoms with Gasteiger partial charge in [-0.05, 0) is 12.8 Å². The second-order valence-electron chi connectivity index (χ2n) is 4.13. The maximum Gasteiger partial charge on any atom is 0.422 e. The summed E-state index contributed by atoms with van der Waals surface area (Å²) in [6.07, 6.45) is -2.99. The lowest BCUT2D eigenvalue weighted by atomic mass is 10.2. The van der Waals surface area contributed by atoms with Crippen LogP contribution in [0.4, 0.5) is 18.0 Å². The third-order valence-corrected chi connectivity index (χ3v) is 2.66. The maximum atomic E-state index is 11.9. The maximum absolute atomic E-state index is 11.9. The van der Waals surface area contributed by atoms with Crippen molar-refractivity contribution in [3.8, 4) is 0 Å². The number of ether oxygens (including phenoxy) is 1. The standard InChI is InChI=1S/C10H14F3NO4/c11-10(12,13)6-18-9(17)14(5-8(15)16)7-3-1-2-4-7/h7H,1-6H2,(H,15,16). The van der Waals surface area contributed by atoms with Gasteiger partial charge in [-0.1, -0.05) is 12.8 Å². The summed E-state index contributed by atoms with van der Waals surface area (Å²) in [6, 6.07) is -0.346. The summed E-state index contributed by atoms with van der Waals surface area (Å²) in [7, 11) is 0. The van der Waals surface area contributed by atoms with Gasteiger partial charge in [0.05, 0.1) is 0 Å². The molecule has 0 unspecified atom stereocenters. The highest BCUT2D eigenvalue weighted by Gasteiger charge is 2.34. The van der Waals surface area contributed by atoms with Gasteiger partial charge in [-0.2, -0.15) is 13.2 Å². The first-order valence-electron chi connectivity index (χ1n) is 5.51. The highest BCUT2D eigenvalue weighted by molar-refractivity contribution is 5.77. The fraction of sp³-hybridized carbons (Fsp3) is 0.800. The molecule has 0 saturated heterocycles. The van der Waals surface area contributed by atoms with E-state index in [0.717, 1.165) is 17.7 Å². The van der Waals surface area contributed by atoms with Crippen molar-refractivity contribution in [2.75, 3.05) is 13.2 Å². The Labute approximate surface area is 102 Å². The first kappa shape index (κ1) is 14.6. The lowest BCUT2D eigenvalue weighted by Crippen LogP contribution is -2.43. The van der Waals surface area contributed by atoms with E-state index in [-0.39, 0.29) is 6.04 Å². The lowest BCUT2D eigenvalue weighted by Gasteiger charge is -2.26. The van der Waals surface area contributed by atoms with Gasteiger partial charge in [0.1, 0.15) is 6.54 Å². The summed E-state index contributed by atoms with van der Waals surface area (Å²) in [5.74, 6) is -1.27. The summed E-state index contributed by atoms with van der Waals surface area (Å²) in [5.41, 5.74) is 0. The molecule has 18 heavy (non-hydrogen) atoms. The zero-order chi connectivity index (χ0) is 13.8. The predicted octanol–water partition coefficient (Wildman–Crippen LogP) is 2.01. The number of carboxylic acid groups (broad SMARTS) is 1. The van der Waals surface area contributed by atoms with E-state index in [1.165, 1.54) is 0 Å². The minimum Gasteiger partial charge on any atom is -0.480 e. The summed E-state index contributed by atoms with van der Waals surface area (Å²) >= 11 is 0. The molecule has 1 fully saturated rings. The molecular formula is C10H14F3NO4. The van der Waals surface area contributed by atoms with Gasteiger partial charge < -0.3 is 9.84 Å². The first-order valence-corrected chi connectivity index (χ1v) is 5.51. The van der Waals surface area contributed by atoms with E-state index >= 15 is 0 Å². The number of halogens is 3. The molecule has 8 heteroatoms. The topological polar surface area (TPSA) is 66.8 Å². The summed E-state index contributed by atoms with van der Waals surface area (Å²) in [5, 5.41) is 8.65. The van der Waals surface area contributed by atoms with E-state index in [9.17, 15) is 22.8 Å². The van der Waals surface area contributed by atoms with Crippen molar-refractivity contribution < 1.29 is 32.6 Å². The fourth-order valence-electron chi connectivity index (χ4n) is 1.93. The van der Waals surface area contributed by atoms with Gasteiger partial charge in [0, 0.05) is 6.04 Å². The Morgan fingerprint density at radius 3 is 2.28 bits per heavy atom. The molecule has 1 aliphatic rings. The van der Waals surface area contributed by atoms with Crippen LogP contribution in [0, 0.1) is 0 Å². The number of alkyl halides is 3. The molecule has 0 aliphatic heterocycles. The monoisotopic (exact) mass is 269 g/mol. The van der Waals surface area contributed by atoms with Crippen molar-refractivity contribution in [2.24, 2.45) is 0 Å². The molecule has 0 atom stereocenters. The van der Waals surface area contributed by atoms with E-state index in [1.807, 2.05) is 0 Å². The van der Waals surface area contributed by atoms with Crippen LogP contribution in [0.15, 0.2) is 0 Å². The van der Waals surface area contributed by atoms with Crippen molar-refractivity contribution in [1.29, 1.82) is 0 Å². The van der Waals surface area contributed by atoms with Crippen molar-refractivity contribution in [3.63, 3.8) is 0 Å². The van der Waals surface area contributed by atoms with Gasteiger partial charge in [0.15, 0.2) is 6.61 Å². The SMILES string of the molecule is O=C(O)CN(C(=O)OCC(F)(F)F)C1CCCC1. The number of rotatable bonds is 4. The highest BCUT2D eigenvalue weighted by Crippen LogP contribution is 2.24. The van der Waals surface area contributed by atoms with E-state index in [0.29, 0.717) is 12.8 Å². The average Bonchev–Trinajstić information content (AvgIpc) is 2.74. The molecule has 0 aromatic rings. The molecule has 1 rings (SSSR count). The van der Waals surface area contributed by atoms with Crippen molar-refractivity contribution in [1.82, 2.24) is 4.90 Å². The van der Waals surface area contributed by atoms with Crippen LogP contribution < -0.4 is 0 Å². The van der Waals surface area contributed by atoms with Gasteiger partial charge in [-0.3, -0.25) is 9.69 Å². The number of carbonyl (C=O) groups excluding carboxylic acids is 1. The van der Waals surface area contributed by atoms with E-state index in [1.54, 1.807) is 0 Å². The van der Waals surface area contributed by atoms with Crippen molar-refractivity contribution in [3.05, 3.63) is 0 Å². The molecule has 0 radical (unpaired) electrons. The second-order valence-corrected chi connectivity index (χ2v) is 4.13. The zero-order valence-corrected chi connectivity index (χ0v) is 9.57. The Morgan fingerprint density at radius 2 is 1.83 bits per heavy atom. The Bertz CT molecular complexity index is 313. The van der Waals surface area contributed by atoms with E-state index in [4.69, 9.17) is 5.11 Å². The molecule has 104 valence electrons. The second kappa shape index (κ2) is 5.92. The van der Waals surface area contributed by atoms with Crippen molar-refractivity contribution >= 4 is 12.1 Å². The first-order chi connectivity index (χ1) is 8.29. The molecule has 1 saturated carbocycles. The average molecular weight is 269 g/mol. The van der Waals surface area contributed by atoms with Crippen LogP contribution in [0.3, 0.4) is 0 Å². The van der Waals surface area contributed by atoms with Crippen LogP contribution in [0.25, 0.3) is 0 Å². The van der Waals surface area contributed by atoms with Crippen LogP contribution in [-0.2, 0) is 9.53 Å². The normalized spacial score (nSPS) is 16.6. The molecule has 0 aromatic carbocycles. The van der Waals surface area contributed by atoms with Gasteiger partial charge in [-0.15, -0.1) is 0 Å². The zero-order valence-electron chi connectivity index (χ0n) is 9.57. The Kier molecular flexibility index (Phi) is 4.80. The van der Waals surface area contributed by atoms with Gasteiger partial charge in [0.2, 0.25) is 0 Å². The number of hydrogen-bond donors (Lipinski definition) is 1. The van der Waals surface area contributed by atoms with Crippen LogP contribution in [-0.4, -0.2) is 47.4 Å². The van der Waals surface area contributed by atoms with Crippen LogP contribution >= 0.6 is 0 Å².